The van der Waals surface area contributed by atoms with Gasteiger partial charge in [-0.25, -0.2) is 9.37 Å². The summed E-state index contributed by atoms with van der Waals surface area (Å²) >= 11 is 4.67. The van der Waals surface area contributed by atoms with Crippen LogP contribution >= 0.6 is 12.6 Å². The summed E-state index contributed by atoms with van der Waals surface area (Å²) in [5.41, 5.74) is 1.53. The van der Waals surface area contributed by atoms with E-state index in [0.717, 1.165) is 24.8 Å². The Labute approximate surface area is 157 Å². The van der Waals surface area contributed by atoms with E-state index in [-0.39, 0.29) is 22.8 Å². The molecule has 0 amide bonds. The average molecular weight is 372 g/mol. The quantitative estimate of drug-likeness (QED) is 0.792. The summed E-state index contributed by atoms with van der Waals surface area (Å²) < 4.78 is 14.5. The third-order valence-electron chi connectivity index (χ3n) is 5.07. The number of carbonyl (C=O) groups is 1. The zero-order valence-corrected chi connectivity index (χ0v) is 15.2. The van der Waals surface area contributed by atoms with Crippen molar-refractivity contribution in [2.75, 3.05) is 13.1 Å². The van der Waals surface area contributed by atoms with E-state index in [9.17, 15) is 9.18 Å². The minimum absolute atomic E-state index is 0.0648. The molecule has 7 heteroatoms. The first kappa shape index (κ1) is 17.4. The summed E-state index contributed by atoms with van der Waals surface area (Å²) in [5, 5.41) is 6.78. The summed E-state index contributed by atoms with van der Waals surface area (Å²) in [6, 6.07) is 6.07. The maximum Gasteiger partial charge on any atom is 0.157 e. The molecule has 2 aliphatic rings. The lowest BCUT2D eigenvalue weighted by molar-refractivity contribution is -0.126. The first-order valence-corrected chi connectivity index (χ1v) is 9.41. The van der Waals surface area contributed by atoms with Crippen LogP contribution in [0.4, 0.5) is 4.39 Å². The number of Topliss-reactive ketones (excluding diaryl/α,β-unsaturated/α-hetero) is 1. The molecule has 1 aliphatic carbocycles. The maximum absolute atomic E-state index is 14.5. The van der Waals surface area contributed by atoms with Crippen molar-refractivity contribution in [3.05, 3.63) is 53.4 Å². The summed E-state index contributed by atoms with van der Waals surface area (Å²) in [6.45, 7) is 1.27. The lowest BCUT2D eigenvalue weighted by Crippen LogP contribution is -2.42. The van der Waals surface area contributed by atoms with Crippen LogP contribution in [0.1, 0.15) is 36.7 Å². The Hall–Kier alpha value is -1.99. The number of likely N-dealkylation sites (tertiary alicyclic amines) is 1. The predicted molar refractivity (Wildman–Crippen MR) is 100 cm³/mol. The fraction of sp³-hybridized carbons (Fsp3) is 0.421. The average Bonchev–Trinajstić information content (AvgIpc) is 3.37. The van der Waals surface area contributed by atoms with Crippen LogP contribution in [0.2, 0.25) is 0 Å². The van der Waals surface area contributed by atoms with Crippen LogP contribution in [0.25, 0.3) is 6.08 Å². The number of nitrogens with one attached hydrogen (secondary N) is 1. The Morgan fingerprint density at radius 3 is 2.85 bits per heavy atom. The number of nitrogens with zero attached hydrogens (tertiary/aromatic N) is 3. The number of thiol groups is 1. The molecule has 1 aromatic carbocycles. The Kier molecular flexibility index (Phi) is 4.91. The molecule has 2 heterocycles. The molecule has 0 spiro atoms. The topological polar surface area (TPSA) is 61.9 Å². The van der Waals surface area contributed by atoms with E-state index < -0.39 is 6.04 Å². The summed E-state index contributed by atoms with van der Waals surface area (Å²) in [6.07, 6.45) is 6.00. The van der Waals surface area contributed by atoms with Gasteiger partial charge in [-0.2, -0.15) is 17.7 Å². The fourth-order valence-electron chi connectivity index (χ4n) is 3.53. The second-order valence-electron chi connectivity index (χ2n) is 6.97. The summed E-state index contributed by atoms with van der Waals surface area (Å²) in [7, 11) is 0. The number of piperidine rings is 1. The molecule has 1 saturated carbocycles. The Morgan fingerprint density at radius 1 is 1.35 bits per heavy atom. The van der Waals surface area contributed by atoms with Gasteiger partial charge in [-0.1, -0.05) is 18.2 Å². The van der Waals surface area contributed by atoms with Gasteiger partial charge in [-0.15, -0.1) is 0 Å². The monoisotopic (exact) mass is 372 g/mol. The molecular weight excluding hydrogens is 351 g/mol. The van der Waals surface area contributed by atoms with Crippen LogP contribution in [0, 0.1) is 11.7 Å². The molecule has 2 atom stereocenters. The van der Waals surface area contributed by atoms with E-state index in [2.05, 4.69) is 32.7 Å². The van der Waals surface area contributed by atoms with E-state index in [4.69, 9.17) is 0 Å². The van der Waals surface area contributed by atoms with Crippen LogP contribution in [-0.2, 0) is 4.79 Å². The van der Waals surface area contributed by atoms with Crippen molar-refractivity contribution < 1.29 is 9.18 Å². The standard InChI is InChI=1S/C19H21FN4OS/c20-15-4-2-1-3-14(15)18(19(25)12-5-6-12)24-8-7-16(26)13(10-24)9-17-21-11-22-23-17/h1-4,9,11-12,16,18,26H,5-8,10H2,(H,21,22,23)/b13-9+. The fourth-order valence-corrected chi connectivity index (χ4v) is 3.80. The molecular formula is C19H21FN4OS. The van der Waals surface area contributed by atoms with E-state index >= 15 is 0 Å². The minimum Gasteiger partial charge on any atom is -0.297 e. The largest absolute Gasteiger partial charge is 0.297 e. The SMILES string of the molecule is O=C(C1CC1)C(c1ccccc1F)N1CCC(S)/C(=C/c2ncn[nH]2)C1. The zero-order chi connectivity index (χ0) is 18.1. The number of H-pyrrole nitrogens is 1. The van der Waals surface area contributed by atoms with Gasteiger partial charge < -0.3 is 0 Å². The predicted octanol–water partition coefficient (Wildman–Crippen LogP) is 3.05. The smallest absolute Gasteiger partial charge is 0.157 e. The zero-order valence-electron chi connectivity index (χ0n) is 14.3. The van der Waals surface area contributed by atoms with Crippen molar-refractivity contribution in [1.82, 2.24) is 20.1 Å². The van der Waals surface area contributed by atoms with Crippen molar-refractivity contribution in [2.45, 2.75) is 30.6 Å². The molecule has 2 aromatic rings. The molecule has 1 N–H and O–H groups in total. The number of rotatable bonds is 5. The highest BCUT2D eigenvalue weighted by atomic mass is 32.1. The number of hydrogen-bond acceptors (Lipinski definition) is 5. The lowest BCUT2D eigenvalue weighted by atomic mass is 9.93. The molecule has 1 aliphatic heterocycles. The third kappa shape index (κ3) is 3.59. The van der Waals surface area contributed by atoms with Crippen LogP contribution in [-0.4, -0.2) is 44.2 Å². The first-order valence-electron chi connectivity index (χ1n) is 8.89. The molecule has 26 heavy (non-hydrogen) atoms. The Bertz CT molecular complexity index is 819. The van der Waals surface area contributed by atoms with Gasteiger partial charge >= 0.3 is 0 Å². The number of hydrogen-bond donors (Lipinski definition) is 2. The first-order chi connectivity index (χ1) is 12.6. The van der Waals surface area contributed by atoms with Crippen molar-refractivity contribution in [1.29, 1.82) is 0 Å². The Balaban J connectivity index is 1.65. The number of carbonyl (C=O) groups excluding carboxylic acids is 1. The minimum atomic E-state index is -0.539. The van der Waals surface area contributed by atoms with Crippen molar-refractivity contribution in [3.63, 3.8) is 0 Å². The number of aromatic nitrogens is 3. The van der Waals surface area contributed by atoms with Crippen LogP contribution in [0.3, 0.4) is 0 Å². The van der Waals surface area contributed by atoms with Gasteiger partial charge in [0.1, 0.15) is 18.0 Å². The van der Waals surface area contributed by atoms with Crippen molar-refractivity contribution in [3.8, 4) is 0 Å². The number of aromatic amines is 1. The van der Waals surface area contributed by atoms with Crippen molar-refractivity contribution >= 4 is 24.5 Å². The molecule has 4 rings (SSSR count). The van der Waals surface area contributed by atoms with E-state index in [1.54, 1.807) is 18.2 Å². The molecule has 136 valence electrons. The summed E-state index contributed by atoms with van der Waals surface area (Å²) in [4.78, 5) is 19.2. The van der Waals surface area contributed by atoms with Crippen LogP contribution in [0.15, 0.2) is 36.2 Å². The number of benzene rings is 1. The third-order valence-corrected chi connectivity index (χ3v) is 5.66. The molecule has 5 nitrogen and oxygen atoms in total. The van der Waals surface area contributed by atoms with Gasteiger partial charge in [0.2, 0.25) is 0 Å². The van der Waals surface area contributed by atoms with Gasteiger partial charge in [0.15, 0.2) is 5.78 Å². The number of ketones is 1. The normalized spacial score (nSPS) is 23.9. The maximum atomic E-state index is 14.5. The van der Waals surface area contributed by atoms with Crippen molar-refractivity contribution in [2.24, 2.45) is 5.92 Å². The van der Waals surface area contributed by atoms with E-state index in [1.807, 2.05) is 6.08 Å². The van der Waals surface area contributed by atoms with Gasteiger partial charge in [0, 0.05) is 29.8 Å². The highest BCUT2D eigenvalue weighted by Gasteiger charge is 2.40. The second kappa shape index (κ2) is 7.32. The lowest BCUT2D eigenvalue weighted by Gasteiger charge is -2.37. The number of halogens is 1. The van der Waals surface area contributed by atoms with Crippen LogP contribution in [0.5, 0.6) is 0 Å². The Morgan fingerprint density at radius 2 is 2.15 bits per heavy atom. The van der Waals surface area contributed by atoms with Gasteiger partial charge in [-0.05, 0) is 37.0 Å². The van der Waals surface area contributed by atoms with E-state index in [0.29, 0.717) is 24.5 Å². The van der Waals surface area contributed by atoms with Gasteiger partial charge in [-0.3, -0.25) is 14.8 Å². The molecule has 2 unspecified atom stereocenters. The van der Waals surface area contributed by atoms with Gasteiger partial charge in [0.25, 0.3) is 0 Å². The van der Waals surface area contributed by atoms with E-state index in [1.165, 1.54) is 12.4 Å². The van der Waals surface area contributed by atoms with Crippen LogP contribution < -0.4 is 0 Å². The van der Waals surface area contributed by atoms with Gasteiger partial charge in [0.05, 0.1) is 6.04 Å². The molecule has 0 bridgehead atoms. The highest BCUT2D eigenvalue weighted by Crippen LogP contribution is 2.39. The molecule has 1 aromatic heterocycles. The molecule has 0 radical (unpaired) electrons. The molecule has 1 saturated heterocycles. The molecule has 2 fully saturated rings. The summed E-state index contributed by atoms with van der Waals surface area (Å²) in [5.74, 6) is 0.541. The second-order valence-corrected chi connectivity index (χ2v) is 7.59. The highest BCUT2D eigenvalue weighted by molar-refractivity contribution is 7.81.